The Hall–Kier alpha value is -2.86. The third kappa shape index (κ3) is 4.91. The van der Waals surface area contributed by atoms with Gasteiger partial charge in [-0.2, -0.15) is 0 Å². The van der Waals surface area contributed by atoms with E-state index in [-0.39, 0.29) is 23.7 Å². The van der Waals surface area contributed by atoms with Gasteiger partial charge in [-0.15, -0.1) is 11.3 Å². The maximum atomic E-state index is 13.7. The number of ether oxygens (including phenoxy) is 2. The molecule has 2 aliphatic rings. The first-order valence-corrected chi connectivity index (χ1v) is 11.3. The van der Waals surface area contributed by atoms with Crippen molar-refractivity contribution >= 4 is 40.6 Å². The molecule has 1 aromatic carbocycles. The number of amidine groups is 1. The van der Waals surface area contributed by atoms with Crippen LogP contribution in [0.25, 0.3) is 0 Å². The molecule has 0 aliphatic carbocycles. The van der Waals surface area contributed by atoms with Crippen LogP contribution in [0.2, 0.25) is 5.02 Å². The van der Waals surface area contributed by atoms with Crippen LogP contribution in [0.3, 0.4) is 0 Å². The number of methoxy groups -OCH3 is 1. The summed E-state index contributed by atoms with van der Waals surface area (Å²) in [7, 11) is 1.26. The summed E-state index contributed by atoms with van der Waals surface area (Å²) in [4.78, 5) is 35.7. The summed E-state index contributed by atoms with van der Waals surface area (Å²) in [5.74, 6) is -1.25. The van der Waals surface area contributed by atoms with Gasteiger partial charge >= 0.3 is 5.97 Å². The number of benzene rings is 1. The molecule has 1 saturated heterocycles. The normalized spacial score (nSPS) is 21.4. The number of aliphatic imine (C=N–C) groups is 1. The van der Waals surface area contributed by atoms with Crippen molar-refractivity contribution in [1.82, 2.24) is 15.2 Å². The molecule has 9 nitrogen and oxygen atoms in total. The van der Waals surface area contributed by atoms with Crippen LogP contribution in [-0.4, -0.2) is 67.1 Å². The summed E-state index contributed by atoms with van der Waals surface area (Å²) < 4.78 is 24.2. The van der Waals surface area contributed by atoms with E-state index in [1.54, 1.807) is 11.6 Å². The second-order valence-electron chi connectivity index (χ2n) is 7.36. The molecule has 0 unspecified atom stereocenters. The number of carbonyl (C=O) groups is 2. The van der Waals surface area contributed by atoms with Crippen molar-refractivity contribution in [3.8, 4) is 0 Å². The molecule has 1 aromatic heterocycles. The fourth-order valence-electron chi connectivity index (χ4n) is 3.76. The number of nitrogens with two attached hydrogens (primary N) is 1. The molecule has 3 N–H and O–H groups in total. The van der Waals surface area contributed by atoms with Gasteiger partial charge in [0.05, 0.1) is 25.9 Å². The van der Waals surface area contributed by atoms with Crippen molar-refractivity contribution in [2.24, 2.45) is 10.7 Å². The van der Waals surface area contributed by atoms with Gasteiger partial charge in [0.1, 0.15) is 17.9 Å². The van der Waals surface area contributed by atoms with Gasteiger partial charge < -0.3 is 20.5 Å². The molecule has 4 rings (SSSR count). The van der Waals surface area contributed by atoms with E-state index >= 15 is 0 Å². The number of carbonyl (C=O) groups excluding carboxylic acids is 2. The molecular weight excluding hydrogens is 473 g/mol. The molecule has 1 fully saturated rings. The van der Waals surface area contributed by atoms with Gasteiger partial charge in [0, 0.05) is 40.9 Å². The van der Waals surface area contributed by atoms with Crippen LogP contribution < -0.4 is 11.1 Å². The molecule has 1 amide bonds. The van der Waals surface area contributed by atoms with Crippen LogP contribution in [0.15, 0.2) is 46.0 Å². The van der Waals surface area contributed by atoms with Crippen LogP contribution in [0.4, 0.5) is 4.39 Å². The summed E-state index contributed by atoms with van der Waals surface area (Å²) in [6, 6.07) is 2.35. The highest BCUT2D eigenvalue weighted by atomic mass is 35.5. The number of amides is 1. The highest BCUT2D eigenvalue weighted by molar-refractivity contribution is 7.11. The number of halogens is 2. The van der Waals surface area contributed by atoms with E-state index in [9.17, 15) is 14.0 Å². The summed E-state index contributed by atoms with van der Waals surface area (Å²) in [6.07, 6.45) is 1.63. The predicted octanol–water partition coefficient (Wildman–Crippen LogP) is 1.64. The average Bonchev–Trinajstić information content (AvgIpc) is 3.33. The maximum Gasteiger partial charge on any atom is 0.338 e. The first kappa shape index (κ1) is 23.3. The van der Waals surface area contributed by atoms with Gasteiger partial charge in [-0.05, 0) is 12.1 Å². The number of rotatable bonds is 6. The lowest BCUT2D eigenvalue weighted by Crippen LogP contribution is -2.54. The Morgan fingerprint density at radius 1 is 1.45 bits per heavy atom. The van der Waals surface area contributed by atoms with Gasteiger partial charge in [0.15, 0.2) is 10.8 Å². The van der Waals surface area contributed by atoms with Crippen LogP contribution in [0.1, 0.15) is 16.6 Å². The summed E-state index contributed by atoms with van der Waals surface area (Å²) in [5, 5.41) is 5.69. The fraction of sp³-hybridized carbons (Fsp3) is 0.333. The number of hydrogen-bond donors (Lipinski definition) is 2. The smallest absolute Gasteiger partial charge is 0.338 e. The molecule has 2 aromatic rings. The van der Waals surface area contributed by atoms with Gasteiger partial charge in [-0.1, -0.05) is 17.7 Å². The Labute approximate surface area is 198 Å². The number of thiazole rings is 1. The highest BCUT2D eigenvalue weighted by Crippen LogP contribution is 2.37. The standard InChI is InChI=1S/C21H21ClFN5O4S/c1-31-21(30)16-14(9-28-5-6-32-10-15(28)18(24)29)26-19(20-25-4-7-33-20)27-17(16)12-3-2-11(23)8-13(12)22/h2-4,7-8,15,17H,5-6,9-10H2,1H3,(H2,24,29)(H,26,27)/t15-,17-/m0/s1. The van der Waals surface area contributed by atoms with Crippen molar-refractivity contribution in [1.29, 1.82) is 0 Å². The zero-order chi connectivity index (χ0) is 23.5. The van der Waals surface area contributed by atoms with Crippen molar-refractivity contribution in [2.75, 3.05) is 33.4 Å². The fourth-order valence-corrected chi connectivity index (χ4v) is 4.62. The van der Waals surface area contributed by atoms with E-state index in [0.29, 0.717) is 35.3 Å². The predicted molar refractivity (Wildman–Crippen MR) is 120 cm³/mol. The molecule has 33 heavy (non-hydrogen) atoms. The van der Waals surface area contributed by atoms with Crippen molar-refractivity contribution in [3.63, 3.8) is 0 Å². The average molecular weight is 494 g/mol. The molecule has 12 heteroatoms. The number of aromatic nitrogens is 1. The molecule has 2 atom stereocenters. The Morgan fingerprint density at radius 3 is 2.94 bits per heavy atom. The number of hydrogen-bond acceptors (Lipinski definition) is 9. The topological polar surface area (TPSA) is 119 Å². The number of esters is 1. The zero-order valence-electron chi connectivity index (χ0n) is 17.6. The van der Waals surface area contributed by atoms with Gasteiger partial charge in [0.25, 0.3) is 0 Å². The molecule has 0 saturated carbocycles. The molecule has 0 bridgehead atoms. The third-order valence-corrected chi connectivity index (χ3v) is 6.46. The van der Waals surface area contributed by atoms with Crippen molar-refractivity contribution in [3.05, 3.63) is 62.5 Å². The summed E-state index contributed by atoms with van der Waals surface area (Å²) in [6.45, 7) is 1.15. The number of primary amides is 1. The maximum absolute atomic E-state index is 13.7. The molecule has 2 aliphatic heterocycles. The first-order valence-electron chi connectivity index (χ1n) is 10.0. The van der Waals surface area contributed by atoms with Gasteiger partial charge in [-0.3, -0.25) is 14.7 Å². The van der Waals surface area contributed by atoms with E-state index < -0.39 is 29.8 Å². The van der Waals surface area contributed by atoms with Crippen LogP contribution >= 0.6 is 22.9 Å². The number of morpholine rings is 1. The van der Waals surface area contributed by atoms with Crippen LogP contribution in [0, 0.1) is 5.82 Å². The van der Waals surface area contributed by atoms with Gasteiger partial charge in [-0.25, -0.2) is 14.2 Å². The lowest BCUT2D eigenvalue weighted by atomic mass is 9.95. The Balaban J connectivity index is 1.83. The number of nitrogens with zero attached hydrogens (tertiary/aromatic N) is 3. The van der Waals surface area contributed by atoms with Crippen LogP contribution in [-0.2, 0) is 19.1 Å². The third-order valence-electron chi connectivity index (χ3n) is 5.35. The van der Waals surface area contributed by atoms with Crippen molar-refractivity contribution < 1.29 is 23.5 Å². The SMILES string of the molecule is COC(=O)C1=C(CN2CCOC[C@H]2C(N)=O)NC(c2nccs2)=N[C@H]1c1ccc(F)cc1Cl. The van der Waals surface area contributed by atoms with E-state index in [1.807, 2.05) is 4.90 Å². The Kier molecular flexibility index (Phi) is 7.03. The largest absolute Gasteiger partial charge is 0.466 e. The molecule has 174 valence electrons. The van der Waals surface area contributed by atoms with E-state index in [2.05, 4.69) is 15.3 Å². The van der Waals surface area contributed by atoms with E-state index in [1.165, 1.54) is 30.6 Å². The van der Waals surface area contributed by atoms with E-state index in [4.69, 9.17) is 26.8 Å². The summed E-state index contributed by atoms with van der Waals surface area (Å²) >= 11 is 7.71. The lowest BCUT2D eigenvalue weighted by molar-refractivity contribution is -0.136. The second kappa shape index (κ2) is 9.96. The summed E-state index contributed by atoms with van der Waals surface area (Å²) in [5.41, 5.74) is 6.65. The van der Waals surface area contributed by atoms with Gasteiger partial charge in [0.2, 0.25) is 5.91 Å². The molecule has 0 spiro atoms. The first-order chi connectivity index (χ1) is 15.9. The minimum atomic E-state index is -0.881. The quantitative estimate of drug-likeness (QED) is 0.587. The van der Waals surface area contributed by atoms with E-state index in [0.717, 1.165) is 6.07 Å². The monoisotopic (exact) mass is 493 g/mol. The molecular formula is C21H21ClFN5O4S. The minimum Gasteiger partial charge on any atom is -0.466 e. The molecule has 0 radical (unpaired) electrons. The zero-order valence-corrected chi connectivity index (χ0v) is 19.2. The lowest BCUT2D eigenvalue weighted by Gasteiger charge is -2.36. The second-order valence-corrected chi connectivity index (χ2v) is 8.66. The number of nitrogens with one attached hydrogen (secondary N) is 1. The minimum absolute atomic E-state index is 0.117. The Morgan fingerprint density at radius 2 is 2.27 bits per heavy atom. The highest BCUT2D eigenvalue weighted by Gasteiger charge is 2.36. The Bertz CT molecular complexity index is 1120. The van der Waals surface area contributed by atoms with Crippen molar-refractivity contribution in [2.45, 2.75) is 12.1 Å². The molecule has 3 heterocycles. The van der Waals surface area contributed by atoms with Crippen LogP contribution in [0.5, 0.6) is 0 Å².